The highest BCUT2D eigenvalue weighted by molar-refractivity contribution is 5.95. The van der Waals surface area contributed by atoms with Crippen molar-refractivity contribution in [2.45, 2.75) is 53.1 Å². The molecule has 4 heteroatoms. The molecule has 0 saturated carbocycles. The molecule has 0 saturated heterocycles. The number of hydrogen-bond donors (Lipinski definition) is 1. The summed E-state index contributed by atoms with van der Waals surface area (Å²) < 4.78 is 0. The Balaban J connectivity index is 1.80. The third kappa shape index (κ3) is 4.01. The van der Waals surface area contributed by atoms with Crippen molar-refractivity contribution >= 4 is 23.4 Å². The molecule has 0 radical (unpaired) electrons. The van der Waals surface area contributed by atoms with E-state index >= 15 is 0 Å². The molecule has 1 heterocycles. The summed E-state index contributed by atoms with van der Waals surface area (Å²) in [5, 5.41) is 4.14. The van der Waals surface area contributed by atoms with E-state index in [9.17, 15) is 4.79 Å². The molecule has 0 spiro atoms. The first kappa shape index (κ1) is 19.9. The molecule has 4 nitrogen and oxygen atoms in total. The summed E-state index contributed by atoms with van der Waals surface area (Å²) in [5.41, 5.74) is 8.96. The predicted octanol–water partition coefficient (Wildman–Crippen LogP) is 5.17. The van der Waals surface area contributed by atoms with Gasteiger partial charge in [0.05, 0.1) is 11.8 Å². The number of carbonyl (C=O) groups excluding carboxylic acids is 1. The Kier molecular flexibility index (Phi) is 5.41. The molecule has 3 rings (SSSR count). The molecule has 1 aliphatic heterocycles. The van der Waals surface area contributed by atoms with Crippen LogP contribution in [0.4, 0.5) is 5.69 Å². The molecule has 0 fully saturated rings. The van der Waals surface area contributed by atoms with Crippen LogP contribution in [0, 0.1) is 6.92 Å². The lowest BCUT2D eigenvalue weighted by Gasteiger charge is -2.46. The van der Waals surface area contributed by atoms with Crippen LogP contribution in [-0.4, -0.2) is 23.7 Å². The first-order valence-corrected chi connectivity index (χ1v) is 9.72. The van der Waals surface area contributed by atoms with Gasteiger partial charge in [0.2, 0.25) is 0 Å². The molecule has 2 aromatic rings. The number of benzene rings is 2. The molecule has 1 amide bonds. The van der Waals surface area contributed by atoms with Gasteiger partial charge in [-0.05, 0) is 76.9 Å². The van der Waals surface area contributed by atoms with E-state index in [1.807, 2.05) is 25.1 Å². The normalized spacial score (nSPS) is 15.5. The summed E-state index contributed by atoms with van der Waals surface area (Å²) in [4.78, 5) is 14.6. The highest BCUT2D eigenvalue weighted by Gasteiger charge is 2.32. The quantitative estimate of drug-likeness (QED) is 0.592. The van der Waals surface area contributed by atoms with Crippen LogP contribution in [-0.2, 0) is 0 Å². The van der Waals surface area contributed by atoms with Crippen LogP contribution < -0.4 is 10.3 Å². The Morgan fingerprint density at radius 2 is 1.79 bits per heavy atom. The lowest BCUT2D eigenvalue weighted by molar-refractivity contribution is 0.0955. The first-order valence-electron chi connectivity index (χ1n) is 9.72. The summed E-state index contributed by atoms with van der Waals surface area (Å²) in [6, 6.07) is 14.2. The summed E-state index contributed by atoms with van der Waals surface area (Å²) in [7, 11) is 0. The van der Waals surface area contributed by atoms with Gasteiger partial charge in [-0.25, -0.2) is 5.43 Å². The molecule has 28 heavy (non-hydrogen) atoms. The van der Waals surface area contributed by atoms with Crippen LogP contribution in [0.3, 0.4) is 0 Å². The van der Waals surface area contributed by atoms with Gasteiger partial charge in [0, 0.05) is 22.9 Å². The van der Waals surface area contributed by atoms with E-state index in [2.05, 4.69) is 68.3 Å². The Labute approximate surface area is 168 Å². The highest BCUT2D eigenvalue weighted by atomic mass is 16.2. The van der Waals surface area contributed by atoms with Crippen molar-refractivity contribution in [3.05, 3.63) is 70.8 Å². The van der Waals surface area contributed by atoms with Gasteiger partial charge in [0.15, 0.2) is 0 Å². The van der Waals surface area contributed by atoms with Crippen molar-refractivity contribution in [3.63, 3.8) is 0 Å². The number of carbonyl (C=O) groups is 1. The van der Waals surface area contributed by atoms with Gasteiger partial charge in [-0.2, -0.15) is 5.10 Å². The van der Waals surface area contributed by atoms with Crippen molar-refractivity contribution in [3.8, 4) is 0 Å². The number of hydrogen-bond acceptors (Lipinski definition) is 3. The summed E-state index contributed by atoms with van der Waals surface area (Å²) in [6.07, 6.45) is 4.01. The van der Waals surface area contributed by atoms with Gasteiger partial charge in [0.25, 0.3) is 5.91 Å². The molecule has 0 aromatic heterocycles. The van der Waals surface area contributed by atoms with Crippen LogP contribution in [0.5, 0.6) is 0 Å². The van der Waals surface area contributed by atoms with E-state index in [0.29, 0.717) is 11.6 Å². The summed E-state index contributed by atoms with van der Waals surface area (Å²) in [6.45, 7) is 13.1. The second-order valence-electron chi connectivity index (χ2n) is 8.29. The fraction of sp³-hybridized carbons (Fsp3) is 0.333. The SMILES string of the molecule is CC1=CC(C)(C)N(C(C)C)c2ccc(/C=N/NC(=O)c3ccc(C)cc3)cc21. The zero-order chi connectivity index (χ0) is 20.5. The van der Waals surface area contributed by atoms with Gasteiger partial charge < -0.3 is 4.90 Å². The number of aryl methyl sites for hydroxylation is 1. The maximum absolute atomic E-state index is 12.2. The van der Waals surface area contributed by atoms with E-state index < -0.39 is 0 Å². The average Bonchev–Trinajstić information content (AvgIpc) is 2.61. The molecular formula is C24H29N3O. The van der Waals surface area contributed by atoms with Crippen molar-refractivity contribution in [2.75, 3.05) is 4.90 Å². The van der Waals surface area contributed by atoms with Gasteiger partial charge in [-0.3, -0.25) is 4.79 Å². The van der Waals surface area contributed by atoms with E-state index in [1.54, 1.807) is 18.3 Å². The highest BCUT2D eigenvalue weighted by Crippen LogP contribution is 2.40. The summed E-state index contributed by atoms with van der Waals surface area (Å²) >= 11 is 0. The minimum Gasteiger partial charge on any atom is -0.360 e. The van der Waals surface area contributed by atoms with E-state index in [-0.39, 0.29) is 11.4 Å². The molecule has 0 aliphatic carbocycles. The number of allylic oxidation sites excluding steroid dienone is 1. The second kappa shape index (κ2) is 7.63. The molecular weight excluding hydrogens is 346 g/mol. The number of anilines is 1. The monoisotopic (exact) mass is 375 g/mol. The topological polar surface area (TPSA) is 44.7 Å². The summed E-state index contributed by atoms with van der Waals surface area (Å²) in [5.74, 6) is -0.210. The zero-order valence-electron chi connectivity index (χ0n) is 17.6. The second-order valence-corrected chi connectivity index (χ2v) is 8.29. The van der Waals surface area contributed by atoms with E-state index in [1.165, 1.54) is 16.8 Å². The number of amides is 1. The lowest BCUT2D eigenvalue weighted by Crippen LogP contribution is -2.49. The Morgan fingerprint density at radius 3 is 2.43 bits per heavy atom. The lowest BCUT2D eigenvalue weighted by atomic mass is 9.87. The maximum Gasteiger partial charge on any atom is 0.271 e. The van der Waals surface area contributed by atoms with Crippen LogP contribution >= 0.6 is 0 Å². The van der Waals surface area contributed by atoms with Crippen LogP contribution in [0.15, 0.2) is 53.6 Å². The smallest absolute Gasteiger partial charge is 0.271 e. The van der Waals surface area contributed by atoms with Gasteiger partial charge in [-0.1, -0.05) is 29.8 Å². The number of nitrogens with one attached hydrogen (secondary N) is 1. The molecule has 2 aromatic carbocycles. The van der Waals surface area contributed by atoms with Crippen molar-refractivity contribution in [1.82, 2.24) is 5.43 Å². The maximum atomic E-state index is 12.2. The van der Waals surface area contributed by atoms with E-state index in [4.69, 9.17) is 0 Å². The number of nitrogens with zero attached hydrogens (tertiary/aromatic N) is 2. The fourth-order valence-electron chi connectivity index (χ4n) is 4.03. The van der Waals surface area contributed by atoms with Gasteiger partial charge >= 0.3 is 0 Å². The fourth-order valence-corrected chi connectivity index (χ4v) is 4.03. The van der Waals surface area contributed by atoms with Crippen molar-refractivity contribution < 1.29 is 4.79 Å². The van der Waals surface area contributed by atoms with Crippen LogP contribution in [0.2, 0.25) is 0 Å². The Morgan fingerprint density at radius 1 is 1.11 bits per heavy atom. The van der Waals surface area contributed by atoms with Crippen molar-refractivity contribution in [2.24, 2.45) is 5.10 Å². The minimum atomic E-state index is -0.210. The van der Waals surface area contributed by atoms with E-state index in [0.717, 1.165) is 11.1 Å². The first-order chi connectivity index (χ1) is 13.2. The largest absolute Gasteiger partial charge is 0.360 e. The average molecular weight is 376 g/mol. The molecule has 1 N–H and O–H groups in total. The predicted molar refractivity (Wildman–Crippen MR) is 118 cm³/mol. The number of rotatable bonds is 4. The standard InChI is InChI=1S/C24H29N3O/c1-16(2)27-22-12-9-19(13-21(22)18(4)14-24(27,5)6)15-25-26-23(28)20-10-7-17(3)8-11-20/h7-16H,1-6H3,(H,26,28)/b25-15+. The van der Waals surface area contributed by atoms with Crippen LogP contribution in [0.25, 0.3) is 5.57 Å². The molecule has 146 valence electrons. The zero-order valence-corrected chi connectivity index (χ0v) is 17.6. The third-order valence-corrected chi connectivity index (χ3v) is 5.11. The van der Waals surface area contributed by atoms with Crippen LogP contribution in [0.1, 0.15) is 61.7 Å². The molecule has 1 aliphatic rings. The number of hydrazone groups is 1. The van der Waals surface area contributed by atoms with Gasteiger partial charge in [-0.15, -0.1) is 0 Å². The number of fused-ring (bicyclic) bond motifs is 1. The molecule has 0 atom stereocenters. The molecule has 0 unspecified atom stereocenters. The molecule has 0 bridgehead atoms. The van der Waals surface area contributed by atoms with Gasteiger partial charge in [0.1, 0.15) is 0 Å². The Bertz CT molecular complexity index is 937. The minimum absolute atomic E-state index is 0.0249. The van der Waals surface area contributed by atoms with Crippen molar-refractivity contribution in [1.29, 1.82) is 0 Å². The Hall–Kier alpha value is -2.88. The third-order valence-electron chi connectivity index (χ3n) is 5.11.